The summed E-state index contributed by atoms with van der Waals surface area (Å²) in [4.78, 5) is 12.5. The van der Waals surface area contributed by atoms with E-state index < -0.39 is 11.7 Å². The summed E-state index contributed by atoms with van der Waals surface area (Å²) in [5.74, 6) is 0.834. The number of rotatable bonds is 2. The third-order valence-electron chi connectivity index (χ3n) is 3.39. The molecule has 5 heteroatoms. The Morgan fingerprint density at radius 1 is 1.13 bits per heavy atom. The minimum atomic E-state index is -0.546. The molecule has 0 saturated carbocycles. The highest BCUT2D eigenvalue weighted by Gasteiger charge is 2.22. The first kappa shape index (κ1) is 17.6. The van der Waals surface area contributed by atoms with E-state index >= 15 is 0 Å². The van der Waals surface area contributed by atoms with Crippen LogP contribution in [-0.2, 0) is 4.74 Å². The van der Waals surface area contributed by atoms with Crippen LogP contribution >= 0.6 is 15.9 Å². The minimum absolute atomic E-state index is 0.397. The van der Waals surface area contributed by atoms with Gasteiger partial charge in [-0.25, -0.2) is 4.79 Å². The Bertz CT molecular complexity index is 741. The second-order valence-corrected chi connectivity index (χ2v) is 7.45. The van der Waals surface area contributed by atoms with Gasteiger partial charge < -0.3 is 9.47 Å². The van der Waals surface area contributed by atoms with E-state index in [4.69, 9.17) is 9.47 Å². The van der Waals surface area contributed by atoms with Crippen molar-refractivity contribution in [3.05, 3.63) is 40.0 Å². The van der Waals surface area contributed by atoms with Crippen LogP contribution in [0.5, 0.6) is 5.75 Å². The molecule has 0 N–H and O–H groups in total. The standard InChI is InChI=1S/C18H22BrNO3/c1-11-8-16(22-6)12(2)7-14(11)15-9-13(19)10-20(15)17(21)23-18(3,4)5/h7-10H,1-6H3. The van der Waals surface area contributed by atoms with E-state index in [0.29, 0.717) is 0 Å². The summed E-state index contributed by atoms with van der Waals surface area (Å²) >= 11 is 3.45. The number of carbonyl (C=O) groups excluding carboxylic acids is 1. The first-order valence-corrected chi connectivity index (χ1v) is 8.18. The minimum Gasteiger partial charge on any atom is -0.496 e. The van der Waals surface area contributed by atoms with E-state index in [-0.39, 0.29) is 0 Å². The zero-order valence-corrected chi connectivity index (χ0v) is 15.9. The van der Waals surface area contributed by atoms with Crippen LogP contribution in [0.3, 0.4) is 0 Å². The Morgan fingerprint density at radius 3 is 2.35 bits per heavy atom. The number of halogens is 1. The maximum absolute atomic E-state index is 12.5. The average molecular weight is 380 g/mol. The first-order valence-electron chi connectivity index (χ1n) is 7.39. The molecule has 0 radical (unpaired) electrons. The van der Waals surface area contributed by atoms with Gasteiger partial charge in [0.15, 0.2) is 0 Å². The molecule has 0 amide bonds. The van der Waals surface area contributed by atoms with Crippen molar-refractivity contribution < 1.29 is 14.3 Å². The summed E-state index contributed by atoms with van der Waals surface area (Å²) in [7, 11) is 1.65. The van der Waals surface area contributed by atoms with E-state index in [2.05, 4.69) is 15.9 Å². The van der Waals surface area contributed by atoms with Gasteiger partial charge in [0.1, 0.15) is 11.4 Å². The van der Waals surface area contributed by atoms with E-state index in [1.165, 1.54) is 4.57 Å². The SMILES string of the molecule is COc1cc(C)c(-c2cc(Br)cn2C(=O)OC(C)(C)C)cc1C. The van der Waals surface area contributed by atoms with E-state index in [1.807, 2.05) is 52.8 Å². The molecule has 1 aromatic heterocycles. The van der Waals surface area contributed by atoms with Gasteiger partial charge in [-0.1, -0.05) is 0 Å². The van der Waals surface area contributed by atoms with Gasteiger partial charge in [-0.15, -0.1) is 0 Å². The van der Waals surface area contributed by atoms with Crippen LogP contribution in [0, 0.1) is 13.8 Å². The fourth-order valence-corrected chi connectivity index (χ4v) is 2.81. The highest BCUT2D eigenvalue weighted by molar-refractivity contribution is 9.10. The molecular formula is C18H22BrNO3. The molecule has 0 spiro atoms. The Balaban J connectivity index is 2.53. The van der Waals surface area contributed by atoms with Crippen LogP contribution in [0.4, 0.5) is 4.79 Å². The summed E-state index contributed by atoms with van der Waals surface area (Å²) in [6.45, 7) is 9.54. The lowest BCUT2D eigenvalue weighted by Crippen LogP contribution is -2.27. The molecule has 0 saturated heterocycles. The summed E-state index contributed by atoms with van der Waals surface area (Å²) in [5, 5.41) is 0. The molecule has 0 aliphatic heterocycles. The molecule has 2 aromatic rings. The van der Waals surface area contributed by atoms with Crippen molar-refractivity contribution in [2.75, 3.05) is 7.11 Å². The van der Waals surface area contributed by atoms with Crippen molar-refractivity contribution in [1.82, 2.24) is 4.57 Å². The summed E-state index contributed by atoms with van der Waals surface area (Å²) < 4.78 is 13.2. The number of aryl methyl sites for hydroxylation is 2. The molecular weight excluding hydrogens is 358 g/mol. The highest BCUT2D eigenvalue weighted by atomic mass is 79.9. The molecule has 0 fully saturated rings. The molecule has 2 rings (SSSR count). The van der Waals surface area contributed by atoms with Crippen molar-refractivity contribution in [3.63, 3.8) is 0 Å². The Morgan fingerprint density at radius 2 is 1.78 bits per heavy atom. The van der Waals surface area contributed by atoms with Crippen LogP contribution < -0.4 is 4.74 Å². The van der Waals surface area contributed by atoms with E-state index in [9.17, 15) is 4.79 Å². The lowest BCUT2D eigenvalue weighted by Gasteiger charge is -2.21. The molecule has 0 aliphatic carbocycles. The van der Waals surface area contributed by atoms with Crippen LogP contribution in [0.2, 0.25) is 0 Å². The number of methoxy groups -OCH3 is 1. The van der Waals surface area contributed by atoms with Gasteiger partial charge in [-0.3, -0.25) is 4.57 Å². The molecule has 1 heterocycles. The van der Waals surface area contributed by atoms with Crippen LogP contribution in [0.1, 0.15) is 31.9 Å². The van der Waals surface area contributed by atoms with Crippen molar-refractivity contribution in [1.29, 1.82) is 0 Å². The third kappa shape index (κ3) is 3.96. The summed E-state index contributed by atoms with van der Waals surface area (Å²) in [5.41, 5.74) is 3.26. The molecule has 0 aliphatic rings. The van der Waals surface area contributed by atoms with E-state index in [1.54, 1.807) is 13.3 Å². The topological polar surface area (TPSA) is 40.5 Å². The van der Waals surface area contributed by atoms with Crippen LogP contribution in [-0.4, -0.2) is 23.4 Å². The van der Waals surface area contributed by atoms with Gasteiger partial charge >= 0.3 is 6.09 Å². The smallest absolute Gasteiger partial charge is 0.419 e. The average Bonchev–Trinajstić information content (AvgIpc) is 2.81. The number of hydrogen-bond acceptors (Lipinski definition) is 3. The number of nitrogens with zero attached hydrogens (tertiary/aromatic N) is 1. The first-order chi connectivity index (χ1) is 10.6. The molecule has 23 heavy (non-hydrogen) atoms. The number of ether oxygens (including phenoxy) is 2. The second kappa shape index (κ2) is 6.40. The summed E-state index contributed by atoms with van der Waals surface area (Å²) in [6, 6.07) is 5.92. The van der Waals surface area contributed by atoms with E-state index in [0.717, 1.165) is 32.6 Å². The van der Waals surface area contributed by atoms with Gasteiger partial charge in [0.25, 0.3) is 0 Å². The van der Waals surface area contributed by atoms with Gasteiger partial charge in [0.2, 0.25) is 0 Å². The van der Waals surface area contributed by atoms with Crippen LogP contribution in [0.15, 0.2) is 28.9 Å². The molecule has 0 atom stereocenters. The monoisotopic (exact) mass is 379 g/mol. The van der Waals surface area contributed by atoms with Crippen LogP contribution in [0.25, 0.3) is 11.3 Å². The zero-order chi connectivity index (χ0) is 17.4. The lowest BCUT2D eigenvalue weighted by atomic mass is 10.0. The number of carbonyl (C=O) groups is 1. The van der Waals surface area contributed by atoms with Gasteiger partial charge in [0.05, 0.1) is 12.8 Å². The van der Waals surface area contributed by atoms with Gasteiger partial charge in [0, 0.05) is 16.2 Å². The quantitative estimate of drug-likeness (QED) is 0.707. The van der Waals surface area contributed by atoms with Gasteiger partial charge in [-0.05, 0) is 79.9 Å². The second-order valence-electron chi connectivity index (χ2n) is 6.53. The normalized spacial score (nSPS) is 11.4. The van der Waals surface area contributed by atoms with Crippen molar-refractivity contribution in [3.8, 4) is 17.0 Å². The fraction of sp³-hybridized carbons (Fsp3) is 0.389. The Hall–Kier alpha value is -1.75. The molecule has 124 valence electrons. The maximum Gasteiger partial charge on any atom is 0.419 e. The number of hydrogen-bond donors (Lipinski definition) is 0. The predicted molar refractivity (Wildman–Crippen MR) is 95.2 cm³/mol. The van der Waals surface area contributed by atoms with Crippen molar-refractivity contribution in [2.45, 2.75) is 40.2 Å². The predicted octanol–water partition coefficient (Wildman–Crippen LogP) is 5.33. The molecule has 0 bridgehead atoms. The third-order valence-corrected chi connectivity index (χ3v) is 3.83. The molecule has 4 nitrogen and oxygen atoms in total. The van der Waals surface area contributed by atoms with Crippen molar-refractivity contribution >= 4 is 22.0 Å². The molecule has 1 aromatic carbocycles. The lowest BCUT2D eigenvalue weighted by molar-refractivity contribution is 0.0540. The number of aromatic nitrogens is 1. The summed E-state index contributed by atoms with van der Waals surface area (Å²) in [6.07, 6.45) is 1.33. The van der Waals surface area contributed by atoms with Crippen molar-refractivity contribution in [2.24, 2.45) is 0 Å². The fourth-order valence-electron chi connectivity index (χ4n) is 2.39. The highest BCUT2D eigenvalue weighted by Crippen LogP contribution is 2.33. The Kier molecular flexibility index (Phi) is 4.90. The molecule has 0 unspecified atom stereocenters. The largest absolute Gasteiger partial charge is 0.496 e. The maximum atomic E-state index is 12.5. The number of benzene rings is 1. The Labute approximate surface area is 145 Å². The van der Waals surface area contributed by atoms with Gasteiger partial charge in [-0.2, -0.15) is 0 Å². The zero-order valence-electron chi connectivity index (χ0n) is 14.4.